The Kier molecular flexibility index (Phi) is 3.87. The molecule has 1 aliphatic carbocycles. The SMILES string of the molecule is CS(=O)(=O)Nc1ccc(C(F)(F)F)cc1NC(=O)C1CC1. The van der Waals surface area contributed by atoms with Crippen LogP contribution in [0, 0.1) is 5.92 Å². The van der Waals surface area contributed by atoms with Crippen LogP contribution in [0.3, 0.4) is 0 Å². The molecule has 0 aromatic heterocycles. The Morgan fingerprint density at radius 2 is 1.86 bits per heavy atom. The Bertz CT molecular complexity index is 667. The first kappa shape index (κ1) is 15.6. The van der Waals surface area contributed by atoms with Gasteiger partial charge in [-0.05, 0) is 31.0 Å². The second-order valence-electron chi connectivity index (χ2n) is 4.90. The first-order valence-corrected chi connectivity index (χ1v) is 7.95. The molecule has 2 N–H and O–H groups in total. The number of hydrogen-bond acceptors (Lipinski definition) is 3. The van der Waals surface area contributed by atoms with Crippen LogP contribution in [-0.2, 0) is 21.0 Å². The molecule has 2 rings (SSSR count). The van der Waals surface area contributed by atoms with Gasteiger partial charge in [0.15, 0.2) is 0 Å². The van der Waals surface area contributed by atoms with E-state index in [1.165, 1.54) is 0 Å². The minimum Gasteiger partial charge on any atom is -0.324 e. The second kappa shape index (κ2) is 5.21. The topological polar surface area (TPSA) is 75.3 Å². The summed E-state index contributed by atoms with van der Waals surface area (Å²) in [7, 11) is -3.67. The van der Waals surface area contributed by atoms with Crippen LogP contribution in [0.4, 0.5) is 24.5 Å². The number of amides is 1. The third-order valence-electron chi connectivity index (χ3n) is 2.85. The van der Waals surface area contributed by atoms with E-state index >= 15 is 0 Å². The van der Waals surface area contributed by atoms with Gasteiger partial charge in [0.25, 0.3) is 0 Å². The molecule has 21 heavy (non-hydrogen) atoms. The van der Waals surface area contributed by atoms with Crippen molar-refractivity contribution in [3.63, 3.8) is 0 Å². The number of halogens is 3. The molecule has 1 aromatic rings. The van der Waals surface area contributed by atoms with Gasteiger partial charge in [0.1, 0.15) is 0 Å². The minimum atomic E-state index is -4.58. The molecular weight excluding hydrogens is 309 g/mol. The van der Waals surface area contributed by atoms with E-state index in [0.29, 0.717) is 18.9 Å². The van der Waals surface area contributed by atoms with Crippen LogP contribution in [0.2, 0.25) is 0 Å². The smallest absolute Gasteiger partial charge is 0.324 e. The Labute approximate surface area is 119 Å². The third-order valence-corrected chi connectivity index (χ3v) is 3.44. The molecule has 5 nitrogen and oxygen atoms in total. The summed E-state index contributed by atoms with van der Waals surface area (Å²) >= 11 is 0. The lowest BCUT2D eigenvalue weighted by molar-refractivity contribution is -0.137. The summed E-state index contributed by atoms with van der Waals surface area (Å²) in [6.07, 6.45) is -2.35. The predicted molar refractivity (Wildman–Crippen MR) is 71.3 cm³/mol. The van der Waals surface area contributed by atoms with Gasteiger partial charge in [-0.1, -0.05) is 0 Å². The Morgan fingerprint density at radius 1 is 1.24 bits per heavy atom. The van der Waals surface area contributed by atoms with E-state index in [-0.39, 0.29) is 17.3 Å². The molecule has 0 aliphatic heterocycles. The second-order valence-corrected chi connectivity index (χ2v) is 6.64. The molecule has 0 heterocycles. The number of alkyl halides is 3. The van der Waals surface area contributed by atoms with E-state index in [1.54, 1.807) is 0 Å². The van der Waals surface area contributed by atoms with Crippen molar-refractivity contribution >= 4 is 27.3 Å². The molecule has 0 bridgehead atoms. The molecule has 116 valence electrons. The molecule has 1 saturated carbocycles. The van der Waals surface area contributed by atoms with Crippen molar-refractivity contribution in [2.75, 3.05) is 16.3 Å². The van der Waals surface area contributed by atoms with Gasteiger partial charge < -0.3 is 5.32 Å². The van der Waals surface area contributed by atoms with Crippen LogP contribution in [0.5, 0.6) is 0 Å². The molecule has 1 aromatic carbocycles. The lowest BCUT2D eigenvalue weighted by Crippen LogP contribution is -2.18. The highest BCUT2D eigenvalue weighted by atomic mass is 32.2. The number of benzene rings is 1. The summed E-state index contributed by atoms with van der Waals surface area (Å²) in [5.41, 5.74) is -1.26. The van der Waals surface area contributed by atoms with Crippen molar-refractivity contribution in [1.82, 2.24) is 0 Å². The van der Waals surface area contributed by atoms with Crippen molar-refractivity contribution in [2.24, 2.45) is 5.92 Å². The summed E-state index contributed by atoms with van der Waals surface area (Å²) in [4.78, 5) is 11.7. The molecule has 1 amide bonds. The van der Waals surface area contributed by atoms with Gasteiger partial charge in [0.2, 0.25) is 15.9 Å². The van der Waals surface area contributed by atoms with Crippen LogP contribution in [-0.4, -0.2) is 20.6 Å². The summed E-state index contributed by atoms with van der Waals surface area (Å²) < 4.78 is 62.6. The van der Waals surface area contributed by atoms with E-state index in [0.717, 1.165) is 18.4 Å². The quantitative estimate of drug-likeness (QED) is 0.894. The number of carbonyl (C=O) groups is 1. The number of sulfonamides is 1. The maximum absolute atomic E-state index is 12.7. The molecular formula is C12H13F3N2O3S. The zero-order valence-electron chi connectivity index (χ0n) is 11.0. The van der Waals surface area contributed by atoms with E-state index in [2.05, 4.69) is 10.0 Å². The fourth-order valence-corrected chi connectivity index (χ4v) is 2.27. The van der Waals surface area contributed by atoms with Crippen molar-refractivity contribution in [3.8, 4) is 0 Å². The monoisotopic (exact) mass is 322 g/mol. The lowest BCUT2D eigenvalue weighted by atomic mass is 10.1. The maximum atomic E-state index is 12.7. The van der Waals surface area contributed by atoms with E-state index < -0.39 is 27.7 Å². The molecule has 1 aliphatic rings. The van der Waals surface area contributed by atoms with Crippen molar-refractivity contribution in [1.29, 1.82) is 0 Å². The number of carbonyl (C=O) groups excluding carboxylic acids is 1. The highest BCUT2D eigenvalue weighted by Crippen LogP contribution is 2.36. The predicted octanol–water partition coefficient (Wildman–Crippen LogP) is 2.43. The highest BCUT2D eigenvalue weighted by Gasteiger charge is 2.33. The Balaban J connectivity index is 2.36. The van der Waals surface area contributed by atoms with Gasteiger partial charge >= 0.3 is 6.18 Å². The lowest BCUT2D eigenvalue weighted by Gasteiger charge is -2.15. The van der Waals surface area contributed by atoms with E-state index in [1.807, 2.05) is 0 Å². The Morgan fingerprint density at radius 3 is 2.33 bits per heavy atom. The van der Waals surface area contributed by atoms with Crippen molar-refractivity contribution in [3.05, 3.63) is 23.8 Å². The summed E-state index contributed by atoms with van der Waals surface area (Å²) in [6.45, 7) is 0. The van der Waals surface area contributed by atoms with Gasteiger partial charge in [0.05, 0.1) is 23.2 Å². The zero-order chi connectivity index (χ0) is 15.8. The maximum Gasteiger partial charge on any atom is 0.416 e. The largest absolute Gasteiger partial charge is 0.416 e. The molecule has 0 unspecified atom stereocenters. The number of anilines is 2. The number of hydrogen-bond donors (Lipinski definition) is 2. The van der Waals surface area contributed by atoms with Crippen molar-refractivity contribution < 1.29 is 26.4 Å². The summed E-state index contributed by atoms with van der Waals surface area (Å²) in [5.74, 6) is -0.628. The molecule has 0 atom stereocenters. The first-order valence-electron chi connectivity index (χ1n) is 6.06. The van der Waals surface area contributed by atoms with Crippen LogP contribution in [0.1, 0.15) is 18.4 Å². The summed E-state index contributed by atoms with van der Waals surface area (Å²) in [5, 5.41) is 2.34. The Hall–Kier alpha value is -1.77. The van der Waals surface area contributed by atoms with E-state index in [9.17, 15) is 26.4 Å². The van der Waals surface area contributed by atoms with Gasteiger partial charge in [-0.15, -0.1) is 0 Å². The molecule has 9 heteroatoms. The van der Waals surface area contributed by atoms with Gasteiger partial charge in [0, 0.05) is 5.92 Å². The fourth-order valence-electron chi connectivity index (χ4n) is 1.69. The highest BCUT2D eigenvalue weighted by molar-refractivity contribution is 7.92. The first-order chi connectivity index (χ1) is 9.56. The van der Waals surface area contributed by atoms with Gasteiger partial charge in [-0.3, -0.25) is 9.52 Å². The van der Waals surface area contributed by atoms with Crippen molar-refractivity contribution in [2.45, 2.75) is 19.0 Å². The van der Waals surface area contributed by atoms with Crippen LogP contribution in [0.15, 0.2) is 18.2 Å². The number of rotatable bonds is 4. The molecule has 1 fully saturated rings. The number of nitrogens with one attached hydrogen (secondary N) is 2. The van der Waals surface area contributed by atoms with Crippen LogP contribution < -0.4 is 10.0 Å². The average molecular weight is 322 g/mol. The van der Waals surface area contributed by atoms with Crippen LogP contribution >= 0.6 is 0 Å². The summed E-state index contributed by atoms with van der Waals surface area (Å²) in [6, 6.07) is 2.44. The normalized spacial score (nSPS) is 15.6. The minimum absolute atomic E-state index is 0.0977. The fraction of sp³-hybridized carbons (Fsp3) is 0.417. The van der Waals surface area contributed by atoms with Gasteiger partial charge in [-0.25, -0.2) is 8.42 Å². The van der Waals surface area contributed by atoms with E-state index in [4.69, 9.17) is 0 Å². The average Bonchev–Trinajstić information content (AvgIpc) is 3.11. The molecule has 0 radical (unpaired) electrons. The third kappa shape index (κ3) is 4.35. The standard InChI is InChI=1S/C12H13F3N2O3S/c1-21(19,20)17-9-5-4-8(12(13,14)15)6-10(9)16-11(18)7-2-3-7/h4-7,17H,2-3H2,1H3,(H,16,18). The molecule has 0 spiro atoms. The zero-order valence-corrected chi connectivity index (χ0v) is 11.8. The molecule has 0 saturated heterocycles. The van der Waals surface area contributed by atoms with Gasteiger partial charge in [-0.2, -0.15) is 13.2 Å². The van der Waals surface area contributed by atoms with Crippen LogP contribution in [0.25, 0.3) is 0 Å².